The van der Waals surface area contributed by atoms with Crippen LogP contribution >= 0.6 is 0 Å². The Labute approximate surface area is 95.2 Å². The Bertz CT molecular complexity index is 251. The summed E-state index contributed by atoms with van der Waals surface area (Å²) in [6, 6.07) is 0. The minimum absolute atomic E-state index is 0.138. The maximum Gasteiger partial charge on any atom is 0.0777 e. The molecule has 1 rings (SSSR count). The third-order valence-corrected chi connectivity index (χ3v) is 4.92. The van der Waals surface area contributed by atoms with Gasteiger partial charge in [-0.05, 0) is 47.1 Å². The third-order valence-electron chi connectivity index (χ3n) is 2.86. The molecule has 3 nitrogen and oxygen atoms in total. The number of hydrogen-bond acceptors (Lipinski definition) is 3. The van der Waals surface area contributed by atoms with Crippen molar-refractivity contribution in [2.45, 2.75) is 57.0 Å². The van der Waals surface area contributed by atoms with Crippen molar-refractivity contribution in [1.29, 1.82) is 0 Å². The molecule has 0 saturated carbocycles. The molecule has 0 amide bonds. The van der Waals surface area contributed by atoms with E-state index >= 15 is 0 Å². The predicted molar refractivity (Wildman–Crippen MR) is 64.3 cm³/mol. The lowest BCUT2D eigenvalue weighted by molar-refractivity contribution is -0.0633. The number of nitrogens with two attached hydrogens (primary N) is 1. The molecule has 2 N–H and O–H groups in total. The van der Waals surface area contributed by atoms with Crippen molar-refractivity contribution in [2.24, 2.45) is 5.73 Å². The zero-order chi connectivity index (χ0) is 11.7. The molecule has 90 valence electrons. The van der Waals surface area contributed by atoms with E-state index in [9.17, 15) is 4.21 Å². The van der Waals surface area contributed by atoms with Gasteiger partial charge in [0.15, 0.2) is 0 Å². The minimum Gasteiger partial charge on any atom is -0.368 e. The average Bonchev–Trinajstić information content (AvgIpc) is 2.30. The Hall–Kier alpha value is 0.0700. The van der Waals surface area contributed by atoms with Crippen molar-refractivity contribution in [3.05, 3.63) is 0 Å². The van der Waals surface area contributed by atoms with Crippen molar-refractivity contribution < 1.29 is 8.95 Å². The van der Waals surface area contributed by atoms with Gasteiger partial charge in [0.25, 0.3) is 0 Å². The molecule has 0 aromatic carbocycles. The fourth-order valence-electron chi connectivity index (χ4n) is 2.29. The first-order valence-corrected chi connectivity index (χ1v) is 6.94. The highest BCUT2D eigenvalue weighted by molar-refractivity contribution is 7.85. The topological polar surface area (TPSA) is 52.3 Å². The maximum absolute atomic E-state index is 12.1. The van der Waals surface area contributed by atoms with E-state index in [1.54, 1.807) is 0 Å². The summed E-state index contributed by atoms with van der Waals surface area (Å²) in [5, 5.41) is 0.138. The summed E-state index contributed by atoms with van der Waals surface area (Å²) in [7, 11) is -0.816. The van der Waals surface area contributed by atoms with E-state index in [1.807, 2.05) is 13.8 Å². The molecule has 2 unspecified atom stereocenters. The molecule has 0 aromatic heterocycles. The van der Waals surface area contributed by atoms with E-state index < -0.39 is 10.8 Å². The highest BCUT2D eigenvalue weighted by Gasteiger charge is 2.48. The van der Waals surface area contributed by atoms with Crippen molar-refractivity contribution in [3.63, 3.8) is 0 Å². The van der Waals surface area contributed by atoms with Gasteiger partial charge in [-0.1, -0.05) is 0 Å². The van der Waals surface area contributed by atoms with Gasteiger partial charge >= 0.3 is 0 Å². The van der Waals surface area contributed by atoms with Crippen LogP contribution in [0.2, 0.25) is 0 Å². The standard InChI is InChI=1S/C11H23NO2S/c1-10(2)8-9(11(3,4)14-10)15(13)7-5-6-12/h9H,5-8,12H2,1-4H3. The highest BCUT2D eigenvalue weighted by atomic mass is 32.2. The summed E-state index contributed by atoms with van der Waals surface area (Å²) < 4.78 is 18.0. The Morgan fingerprint density at radius 3 is 2.40 bits per heavy atom. The van der Waals surface area contributed by atoms with Crippen LogP contribution in [0, 0.1) is 0 Å². The van der Waals surface area contributed by atoms with Crippen LogP contribution in [0.25, 0.3) is 0 Å². The van der Waals surface area contributed by atoms with Gasteiger partial charge < -0.3 is 10.5 Å². The van der Waals surface area contributed by atoms with E-state index in [-0.39, 0.29) is 16.5 Å². The van der Waals surface area contributed by atoms with Crippen LogP contribution in [0.3, 0.4) is 0 Å². The lowest BCUT2D eigenvalue weighted by atomic mass is 10.0. The van der Waals surface area contributed by atoms with Crippen molar-refractivity contribution in [3.8, 4) is 0 Å². The Balaban J connectivity index is 2.65. The largest absolute Gasteiger partial charge is 0.368 e. The van der Waals surface area contributed by atoms with Crippen molar-refractivity contribution in [2.75, 3.05) is 12.3 Å². The zero-order valence-electron chi connectivity index (χ0n) is 10.2. The monoisotopic (exact) mass is 233 g/mol. The molecule has 2 atom stereocenters. The average molecular weight is 233 g/mol. The number of rotatable bonds is 4. The van der Waals surface area contributed by atoms with Crippen LogP contribution in [0.1, 0.15) is 40.5 Å². The van der Waals surface area contributed by atoms with Gasteiger partial charge in [-0.2, -0.15) is 0 Å². The molecule has 0 aliphatic carbocycles. The summed E-state index contributed by atoms with van der Waals surface area (Å²) in [6.07, 6.45) is 1.71. The van der Waals surface area contributed by atoms with Gasteiger partial charge in [0.05, 0.1) is 16.5 Å². The first-order chi connectivity index (χ1) is 6.78. The molecule has 1 fully saturated rings. The molecule has 4 heteroatoms. The fourth-order valence-corrected chi connectivity index (χ4v) is 4.29. The van der Waals surface area contributed by atoms with E-state index in [4.69, 9.17) is 10.5 Å². The molecule has 1 saturated heterocycles. The number of ether oxygens (including phenoxy) is 1. The second-order valence-corrected chi connectivity index (χ2v) is 7.12. The molecule has 1 heterocycles. The third kappa shape index (κ3) is 3.26. The van der Waals surface area contributed by atoms with E-state index in [1.165, 1.54) is 0 Å². The molecule has 1 aliphatic rings. The van der Waals surface area contributed by atoms with Crippen molar-refractivity contribution in [1.82, 2.24) is 0 Å². The first-order valence-electron chi connectivity index (χ1n) is 5.56. The Morgan fingerprint density at radius 1 is 1.40 bits per heavy atom. The molecule has 0 radical (unpaired) electrons. The minimum atomic E-state index is -0.816. The molecular weight excluding hydrogens is 210 g/mol. The Morgan fingerprint density at radius 2 is 2.00 bits per heavy atom. The quantitative estimate of drug-likeness (QED) is 0.799. The van der Waals surface area contributed by atoms with Crippen LogP contribution in [-0.2, 0) is 15.5 Å². The first kappa shape index (κ1) is 13.1. The van der Waals surface area contributed by atoms with Crippen LogP contribution in [0.15, 0.2) is 0 Å². The summed E-state index contributed by atoms with van der Waals surface area (Å²) in [4.78, 5) is 0. The van der Waals surface area contributed by atoms with Crippen molar-refractivity contribution >= 4 is 10.8 Å². The van der Waals surface area contributed by atoms with Crippen LogP contribution in [0.4, 0.5) is 0 Å². The van der Waals surface area contributed by atoms with E-state index in [2.05, 4.69) is 13.8 Å². The second kappa shape index (κ2) is 4.52. The second-order valence-electron chi connectivity index (χ2n) is 5.39. The molecular formula is C11H23NO2S. The summed E-state index contributed by atoms with van der Waals surface area (Å²) in [5.41, 5.74) is 5.01. The van der Waals surface area contributed by atoms with Gasteiger partial charge in [-0.15, -0.1) is 0 Å². The molecule has 0 bridgehead atoms. The summed E-state index contributed by atoms with van der Waals surface area (Å²) in [5.74, 6) is 0.698. The fraction of sp³-hybridized carbons (Fsp3) is 1.00. The van der Waals surface area contributed by atoms with E-state index in [0.29, 0.717) is 12.3 Å². The lowest BCUT2D eigenvalue weighted by Crippen LogP contribution is -2.36. The van der Waals surface area contributed by atoms with E-state index in [0.717, 1.165) is 12.8 Å². The molecule has 15 heavy (non-hydrogen) atoms. The van der Waals surface area contributed by atoms with Gasteiger partial charge in [0.1, 0.15) is 0 Å². The van der Waals surface area contributed by atoms with Gasteiger partial charge in [-0.25, -0.2) is 0 Å². The van der Waals surface area contributed by atoms with Gasteiger partial charge in [0.2, 0.25) is 0 Å². The van der Waals surface area contributed by atoms with Crippen LogP contribution in [-0.4, -0.2) is 33.0 Å². The normalized spacial score (nSPS) is 30.3. The smallest absolute Gasteiger partial charge is 0.0777 e. The highest BCUT2D eigenvalue weighted by Crippen LogP contribution is 2.40. The molecule has 0 aromatic rings. The van der Waals surface area contributed by atoms with Crippen LogP contribution < -0.4 is 5.73 Å². The molecule has 0 spiro atoms. The van der Waals surface area contributed by atoms with Crippen LogP contribution in [0.5, 0.6) is 0 Å². The van der Waals surface area contributed by atoms with Gasteiger partial charge in [-0.3, -0.25) is 4.21 Å². The number of hydrogen-bond donors (Lipinski definition) is 1. The zero-order valence-corrected chi connectivity index (χ0v) is 11.0. The maximum atomic E-state index is 12.1. The Kier molecular flexibility index (Phi) is 3.95. The SMILES string of the molecule is CC1(C)CC(S(=O)CCCN)C(C)(C)O1. The summed E-state index contributed by atoms with van der Waals surface area (Å²) in [6.45, 7) is 8.81. The predicted octanol–water partition coefficient (Wildman–Crippen LogP) is 1.43. The summed E-state index contributed by atoms with van der Waals surface area (Å²) >= 11 is 0. The lowest BCUT2D eigenvalue weighted by Gasteiger charge is -2.26. The van der Waals surface area contributed by atoms with Gasteiger partial charge in [0, 0.05) is 16.6 Å². The molecule has 1 aliphatic heterocycles.